The van der Waals surface area contributed by atoms with Crippen molar-refractivity contribution in [3.05, 3.63) is 28.5 Å². The number of nitrogens with zero attached hydrogens (tertiary/aromatic N) is 2. The van der Waals surface area contributed by atoms with E-state index >= 15 is 0 Å². The molecule has 1 amide bonds. The molecule has 1 rings (SSSR count). The summed E-state index contributed by atoms with van der Waals surface area (Å²) in [5.74, 6) is 0.0469. The zero-order valence-electron chi connectivity index (χ0n) is 9.90. The Bertz CT molecular complexity index is 368. The second-order valence-corrected chi connectivity index (χ2v) is 4.66. The average molecular weight is 285 g/mol. The van der Waals surface area contributed by atoms with Gasteiger partial charge in [0, 0.05) is 29.5 Å². The molecule has 1 aromatic rings. The molecule has 1 heterocycles. The smallest absolute Gasteiger partial charge is 0.255 e. The summed E-state index contributed by atoms with van der Waals surface area (Å²) in [6.45, 7) is 6.86. The van der Waals surface area contributed by atoms with Gasteiger partial charge in [0.1, 0.15) is 0 Å². The molecular weight excluding hydrogens is 268 g/mol. The summed E-state index contributed by atoms with van der Waals surface area (Å²) in [6.07, 6.45) is 4.25. The van der Waals surface area contributed by atoms with E-state index in [-0.39, 0.29) is 11.9 Å². The first-order valence-corrected chi connectivity index (χ1v) is 6.31. The predicted octanol–water partition coefficient (Wildman–Crippen LogP) is 3.10. The molecule has 1 atom stereocenters. The third-order valence-electron chi connectivity index (χ3n) is 2.68. The maximum Gasteiger partial charge on any atom is 0.255 e. The summed E-state index contributed by atoms with van der Waals surface area (Å²) in [5, 5.41) is 0. The molecule has 3 nitrogen and oxygen atoms in total. The van der Waals surface area contributed by atoms with E-state index in [1.54, 1.807) is 18.5 Å². The third-order valence-corrected chi connectivity index (χ3v) is 3.11. The van der Waals surface area contributed by atoms with Crippen LogP contribution in [0.25, 0.3) is 0 Å². The monoisotopic (exact) mass is 284 g/mol. The number of hydrogen-bond donors (Lipinski definition) is 0. The summed E-state index contributed by atoms with van der Waals surface area (Å²) in [6, 6.07) is 2.07. The molecule has 0 saturated carbocycles. The Hall–Kier alpha value is -0.900. The average Bonchev–Trinajstić information content (AvgIpc) is 2.29. The quantitative estimate of drug-likeness (QED) is 0.851. The van der Waals surface area contributed by atoms with E-state index in [0.29, 0.717) is 5.56 Å². The molecule has 4 heteroatoms. The molecule has 0 aliphatic carbocycles. The molecule has 0 spiro atoms. The van der Waals surface area contributed by atoms with E-state index in [0.717, 1.165) is 17.4 Å². The maximum atomic E-state index is 12.2. The van der Waals surface area contributed by atoms with E-state index in [1.165, 1.54) is 0 Å². The number of aromatic nitrogens is 1. The van der Waals surface area contributed by atoms with Crippen molar-refractivity contribution in [2.45, 2.75) is 33.2 Å². The first-order valence-electron chi connectivity index (χ1n) is 5.51. The Labute approximate surface area is 105 Å². The van der Waals surface area contributed by atoms with Crippen LogP contribution in [-0.4, -0.2) is 28.4 Å². The second-order valence-electron chi connectivity index (χ2n) is 3.74. The van der Waals surface area contributed by atoms with E-state index in [1.807, 2.05) is 11.8 Å². The van der Waals surface area contributed by atoms with Crippen LogP contribution < -0.4 is 0 Å². The predicted molar refractivity (Wildman–Crippen MR) is 68.4 cm³/mol. The summed E-state index contributed by atoms with van der Waals surface area (Å²) >= 11 is 3.32. The van der Waals surface area contributed by atoms with Gasteiger partial charge in [-0.2, -0.15) is 0 Å². The van der Waals surface area contributed by atoms with Crippen molar-refractivity contribution in [1.82, 2.24) is 9.88 Å². The van der Waals surface area contributed by atoms with Gasteiger partial charge in [-0.1, -0.05) is 6.92 Å². The lowest BCUT2D eigenvalue weighted by Crippen LogP contribution is -2.38. The lowest BCUT2D eigenvalue weighted by molar-refractivity contribution is 0.0699. The van der Waals surface area contributed by atoms with Gasteiger partial charge in [0.15, 0.2) is 0 Å². The molecule has 0 N–H and O–H groups in total. The highest BCUT2D eigenvalue weighted by Crippen LogP contribution is 2.14. The zero-order chi connectivity index (χ0) is 12.1. The molecule has 0 aliphatic rings. The van der Waals surface area contributed by atoms with Gasteiger partial charge in [-0.25, -0.2) is 0 Å². The van der Waals surface area contributed by atoms with Crippen molar-refractivity contribution in [1.29, 1.82) is 0 Å². The first-order chi connectivity index (χ1) is 7.60. The lowest BCUT2D eigenvalue weighted by Gasteiger charge is -2.27. The largest absolute Gasteiger partial charge is 0.336 e. The van der Waals surface area contributed by atoms with Crippen molar-refractivity contribution in [2.75, 3.05) is 6.54 Å². The van der Waals surface area contributed by atoms with Gasteiger partial charge in [-0.15, -0.1) is 0 Å². The van der Waals surface area contributed by atoms with Gasteiger partial charge < -0.3 is 4.90 Å². The number of amides is 1. The molecule has 0 radical (unpaired) electrons. The lowest BCUT2D eigenvalue weighted by atomic mass is 10.1. The van der Waals surface area contributed by atoms with Crippen LogP contribution in [0.1, 0.15) is 37.6 Å². The zero-order valence-corrected chi connectivity index (χ0v) is 11.5. The first kappa shape index (κ1) is 13.2. The summed E-state index contributed by atoms with van der Waals surface area (Å²) < 4.78 is 0.832. The van der Waals surface area contributed by atoms with Crippen LogP contribution in [0.15, 0.2) is 22.9 Å². The van der Waals surface area contributed by atoms with Gasteiger partial charge in [0.05, 0.1) is 5.56 Å². The Balaban J connectivity index is 2.91. The highest BCUT2D eigenvalue weighted by Gasteiger charge is 2.18. The van der Waals surface area contributed by atoms with E-state index in [4.69, 9.17) is 0 Å². The number of carbonyl (C=O) groups is 1. The van der Waals surface area contributed by atoms with Crippen LogP contribution >= 0.6 is 15.9 Å². The Morgan fingerprint density at radius 3 is 2.69 bits per heavy atom. The van der Waals surface area contributed by atoms with Crippen molar-refractivity contribution in [3.8, 4) is 0 Å². The van der Waals surface area contributed by atoms with E-state index < -0.39 is 0 Å². The minimum Gasteiger partial charge on any atom is -0.336 e. The highest BCUT2D eigenvalue weighted by molar-refractivity contribution is 9.10. The van der Waals surface area contributed by atoms with E-state index in [2.05, 4.69) is 34.8 Å². The number of pyridine rings is 1. The standard InChI is InChI=1S/C12H17BrN2O/c1-4-9(3)15(5-2)12(16)10-6-11(13)8-14-7-10/h6-9H,4-5H2,1-3H3. The molecule has 16 heavy (non-hydrogen) atoms. The van der Waals surface area contributed by atoms with E-state index in [9.17, 15) is 4.79 Å². The molecule has 0 aromatic carbocycles. The number of rotatable bonds is 4. The van der Waals surface area contributed by atoms with Crippen molar-refractivity contribution >= 4 is 21.8 Å². The van der Waals surface area contributed by atoms with Gasteiger partial charge in [0.25, 0.3) is 5.91 Å². The van der Waals surface area contributed by atoms with Crippen LogP contribution in [-0.2, 0) is 0 Å². The highest BCUT2D eigenvalue weighted by atomic mass is 79.9. The Morgan fingerprint density at radius 2 is 2.19 bits per heavy atom. The van der Waals surface area contributed by atoms with Crippen molar-refractivity contribution < 1.29 is 4.79 Å². The van der Waals surface area contributed by atoms with Crippen LogP contribution in [0.2, 0.25) is 0 Å². The van der Waals surface area contributed by atoms with Crippen LogP contribution in [0, 0.1) is 0 Å². The fourth-order valence-corrected chi connectivity index (χ4v) is 1.94. The second kappa shape index (κ2) is 5.99. The molecule has 0 fully saturated rings. The Morgan fingerprint density at radius 1 is 1.50 bits per heavy atom. The van der Waals surface area contributed by atoms with Gasteiger partial charge in [-0.3, -0.25) is 9.78 Å². The molecular formula is C12H17BrN2O. The maximum absolute atomic E-state index is 12.2. The van der Waals surface area contributed by atoms with Crippen LogP contribution in [0.5, 0.6) is 0 Å². The minimum absolute atomic E-state index is 0.0469. The normalized spacial score (nSPS) is 12.2. The summed E-state index contributed by atoms with van der Waals surface area (Å²) in [4.78, 5) is 18.1. The molecule has 0 aliphatic heterocycles. The number of hydrogen-bond acceptors (Lipinski definition) is 2. The van der Waals surface area contributed by atoms with Gasteiger partial charge in [0.2, 0.25) is 0 Å². The summed E-state index contributed by atoms with van der Waals surface area (Å²) in [7, 11) is 0. The minimum atomic E-state index is 0.0469. The molecule has 0 saturated heterocycles. The third kappa shape index (κ3) is 3.04. The van der Waals surface area contributed by atoms with Crippen molar-refractivity contribution in [3.63, 3.8) is 0 Å². The van der Waals surface area contributed by atoms with Crippen LogP contribution in [0.3, 0.4) is 0 Å². The topological polar surface area (TPSA) is 33.2 Å². The molecule has 1 unspecified atom stereocenters. The fourth-order valence-electron chi connectivity index (χ4n) is 1.57. The Kier molecular flexibility index (Phi) is 4.93. The van der Waals surface area contributed by atoms with Gasteiger partial charge >= 0.3 is 0 Å². The molecule has 1 aromatic heterocycles. The summed E-state index contributed by atoms with van der Waals surface area (Å²) in [5.41, 5.74) is 0.636. The fraction of sp³-hybridized carbons (Fsp3) is 0.500. The number of carbonyl (C=O) groups excluding carboxylic acids is 1. The molecule has 88 valence electrons. The van der Waals surface area contributed by atoms with Crippen molar-refractivity contribution in [2.24, 2.45) is 0 Å². The number of halogens is 1. The molecule has 0 bridgehead atoms. The SMILES string of the molecule is CCC(C)N(CC)C(=O)c1cncc(Br)c1. The van der Waals surface area contributed by atoms with Gasteiger partial charge in [-0.05, 0) is 42.3 Å². The van der Waals surface area contributed by atoms with Crippen LogP contribution in [0.4, 0.5) is 0 Å².